The van der Waals surface area contributed by atoms with E-state index < -0.39 is 0 Å². The molecular weight excluding hydrogens is 332 g/mol. The van der Waals surface area contributed by atoms with Gasteiger partial charge in [0.2, 0.25) is 5.95 Å². The van der Waals surface area contributed by atoms with Gasteiger partial charge in [-0.3, -0.25) is 4.57 Å². The number of nitrogens with two attached hydrogens (primary N) is 1. The molecule has 0 amide bonds. The minimum absolute atomic E-state index is 0.372. The molecule has 21 heavy (non-hydrogen) atoms. The van der Waals surface area contributed by atoms with Crippen LogP contribution in [0.2, 0.25) is 0 Å². The van der Waals surface area contributed by atoms with Gasteiger partial charge in [-0.1, -0.05) is 0 Å². The van der Waals surface area contributed by atoms with Gasteiger partial charge < -0.3 is 10.5 Å². The fourth-order valence-corrected chi connectivity index (χ4v) is 2.76. The first-order chi connectivity index (χ1) is 10.1. The Morgan fingerprint density at radius 2 is 2.10 bits per heavy atom. The topological polar surface area (TPSA) is 76.9 Å². The first-order valence-electron chi connectivity index (χ1n) is 6.16. The Hall–Kier alpha value is -2.52. The molecule has 2 N–H and O–H groups in total. The maximum absolute atomic E-state index is 9.04. The molecule has 0 saturated carbocycles. The number of nitrogen functional groups attached to an aromatic ring is 1. The maximum Gasteiger partial charge on any atom is 0.205 e. The zero-order valence-electron chi connectivity index (χ0n) is 11.2. The number of methoxy groups -OCH3 is 1. The number of fused-ring (bicyclic) bond motifs is 1. The zero-order valence-corrected chi connectivity index (χ0v) is 12.8. The van der Waals surface area contributed by atoms with Crippen LogP contribution in [0.25, 0.3) is 16.7 Å². The average molecular weight is 343 g/mol. The number of nitriles is 1. The van der Waals surface area contributed by atoms with Crippen LogP contribution in [0.15, 0.2) is 40.9 Å². The van der Waals surface area contributed by atoms with Gasteiger partial charge in [0.15, 0.2) is 0 Å². The Kier molecular flexibility index (Phi) is 3.28. The highest BCUT2D eigenvalue weighted by molar-refractivity contribution is 9.10. The van der Waals surface area contributed by atoms with Crippen molar-refractivity contribution in [3.63, 3.8) is 0 Å². The van der Waals surface area contributed by atoms with Crippen molar-refractivity contribution >= 4 is 32.9 Å². The summed E-state index contributed by atoms with van der Waals surface area (Å²) in [5, 5.41) is 9.04. The fraction of sp³-hybridized carbons (Fsp3) is 0.0667. The van der Waals surface area contributed by atoms with Crippen LogP contribution < -0.4 is 10.5 Å². The zero-order chi connectivity index (χ0) is 15.0. The van der Waals surface area contributed by atoms with Crippen molar-refractivity contribution in [3.8, 4) is 17.5 Å². The van der Waals surface area contributed by atoms with Crippen molar-refractivity contribution in [3.05, 3.63) is 46.4 Å². The van der Waals surface area contributed by atoms with Gasteiger partial charge in [0.05, 0.1) is 39.9 Å². The van der Waals surface area contributed by atoms with Crippen LogP contribution in [0, 0.1) is 11.3 Å². The Balaban J connectivity index is 2.26. The number of hydrogen-bond donors (Lipinski definition) is 1. The first kappa shape index (κ1) is 13.5. The third kappa shape index (κ3) is 2.22. The van der Waals surface area contributed by atoms with Crippen LogP contribution in [0.4, 0.5) is 5.95 Å². The van der Waals surface area contributed by atoms with Crippen molar-refractivity contribution < 1.29 is 4.74 Å². The molecule has 0 saturated heterocycles. The normalized spacial score (nSPS) is 10.5. The number of hydrogen-bond acceptors (Lipinski definition) is 4. The summed E-state index contributed by atoms with van der Waals surface area (Å²) in [6.07, 6.45) is 0. The molecule has 0 radical (unpaired) electrons. The lowest BCUT2D eigenvalue weighted by Gasteiger charge is -2.09. The van der Waals surface area contributed by atoms with Crippen molar-refractivity contribution in [1.29, 1.82) is 5.26 Å². The minimum Gasteiger partial charge on any atom is -0.496 e. The van der Waals surface area contributed by atoms with Gasteiger partial charge in [-0.25, -0.2) is 4.98 Å². The Bertz CT molecular complexity index is 879. The van der Waals surface area contributed by atoms with E-state index in [0.29, 0.717) is 11.5 Å². The molecule has 0 aliphatic rings. The van der Waals surface area contributed by atoms with Crippen LogP contribution in [0.1, 0.15) is 5.56 Å². The van der Waals surface area contributed by atoms with Crippen LogP contribution in [0.3, 0.4) is 0 Å². The van der Waals surface area contributed by atoms with Crippen molar-refractivity contribution in [1.82, 2.24) is 9.55 Å². The van der Waals surface area contributed by atoms with Crippen LogP contribution in [0.5, 0.6) is 5.75 Å². The third-order valence-electron chi connectivity index (χ3n) is 3.20. The highest BCUT2D eigenvalue weighted by Gasteiger charge is 2.12. The lowest BCUT2D eigenvalue weighted by molar-refractivity contribution is 0.412. The molecule has 2 aromatic carbocycles. The smallest absolute Gasteiger partial charge is 0.205 e. The maximum atomic E-state index is 9.04. The largest absolute Gasteiger partial charge is 0.496 e. The molecule has 1 heterocycles. The molecule has 0 spiro atoms. The summed E-state index contributed by atoms with van der Waals surface area (Å²) in [4.78, 5) is 4.32. The van der Waals surface area contributed by atoms with Gasteiger partial charge in [-0.2, -0.15) is 5.26 Å². The molecule has 0 atom stereocenters. The fourth-order valence-electron chi connectivity index (χ4n) is 2.23. The van der Waals surface area contributed by atoms with Gasteiger partial charge in [0.1, 0.15) is 5.75 Å². The number of imidazole rings is 1. The van der Waals surface area contributed by atoms with Crippen molar-refractivity contribution in [2.75, 3.05) is 12.8 Å². The van der Waals surface area contributed by atoms with Gasteiger partial charge in [-0.15, -0.1) is 0 Å². The van der Waals surface area contributed by atoms with E-state index in [2.05, 4.69) is 27.0 Å². The molecule has 5 nitrogen and oxygen atoms in total. The lowest BCUT2D eigenvalue weighted by Crippen LogP contribution is -2.01. The molecule has 0 unspecified atom stereocenters. The van der Waals surface area contributed by atoms with E-state index in [4.69, 9.17) is 15.7 Å². The molecule has 3 rings (SSSR count). The Labute approximate surface area is 129 Å². The van der Waals surface area contributed by atoms with E-state index in [1.54, 1.807) is 29.9 Å². The van der Waals surface area contributed by atoms with E-state index >= 15 is 0 Å². The highest BCUT2D eigenvalue weighted by Crippen LogP contribution is 2.30. The number of benzene rings is 2. The second-order valence-electron chi connectivity index (χ2n) is 4.44. The van der Waals surface area contributed by atoms with E-state index in [-0.39, 0.29) is 0 Å². The van der Waals surface area contributed by atoms with Crippen molar-refractivity contribution in [2.45, 2.75) is 0 Å². The summed E-state index contributed by atoms with van der Waals surface area (Å²) >= 11 is 3.46. The number of halogens is 1. The summed E-state index contributed by atoms with van der Waals surface area (Å²) < 4.78 is 7.85. The molecule has 0 aliphatic carbocycles. The quantitative estimate of drug-likeness (QED) is 0.775. The van der Waals surface area contributed by atoms with E-state index in [0.717, 1.165) is 26.9 Å². The summed E-state index contributed by atoms with van der Waals surface area (Å²) in [6, 6.07) is 13.0. The molecule has 0 bridgehead atoms. The summed E-state index contributed by atoms with van der Waals surface area (Å²) in [7, 11) is 1.61. The van der Waals surface area contributed by atoms with E-state index in [9.17, 15) is 0 Å². The van der Waals surface area contributed by atoms with Gasteiger partial charge in [-0.05, 0) is 52.3 Å². The number of aromatic nitrogens is 2. The highest BCUT2D eigenvalue weighted by atomic mass is 79.9. The number of anilines is 1. The summed E-state index contributed by atoms with van der Waals surface area (Å²) in [5.74, 6) is 1.11. The van der Waals surface area contributed by atoms with Gasteiger partial charge in [0, 0.05) is 0 Å². The van der Waals surface area contributed by atoms with E-state index in [1.165, 1.54) is 0 Å². The molecule has 104 valence electrons. The molecule has 3 aromatic rings. The first-order valence-corrected chi connectivity index (χ1v) is 6.95. The van der Waals surface area contributed by atoms with Crippen molar-refractivity contribution in [2.24, 2.45) is 0 Å². The van der Waals surface area contributed by atoms with E-state index in [1.807, 2.05) is 18.2 Å². The molecule has 0 fully saturated rings. The SMILES string of the molecule is COc1ccc(-n2c(N)nc3ccc(C#N)cc32)cc1Br. The Morgan fingerprint density at radius 1 is 1.29 bits per heavy atom. The Morgan fingerprint density at radius 3 is 2.76 bits per heavy atom. The number of ether oxygens (including phenoxy) is 1. The predicted molar refractivity (Wildman–Crippen MR) is 84.4 cm³/mol. The third-order valence-corrected chi connectivity index (χ3v) is 3.82. The van der Waals surface area contributed by atoms with Crippen LogP contribution in [-0.2, 0) is 0 Å². The van der Waals surface area contributed by atoms with Gasteiger partial charge in [0.25, 0.3) is 0 Å². The second-order valence-corrected chi connectivity index (χ2v) is 5.29. The lowest BCUT2D eigenvalue weighted by atomic mass is 10.2. The summed E-state index contributed by atoms with van der Waals surface area (Å²) in [6.45, 7) is 0. The van der Waals surface area contributed by atoms with Gasteiger partial charge >= 0.3 is 0 Å². The molecule has 6 heteroatoms. The monoisotopic (exact) mass is 342 g/mol. The molecule has 0 aliphatic heterocycles. The predicted octanol–water partition coefficient (Wildman–Crippen LogP) is 3.25. The number of nitrogens with zero attached hydrogens (tertiary/aromatic N) is 3. The average Bonchev–Trinajstić information content (AvgIpc) is 2.81. The molecular formula is C15H11BrN4O. The standard InChI is InChI=1S/C15H11BrN4O/c1-21-14-5-3-10(7-11(14)16)20-13-6-9(8-17)2-4-12(13)19-15(20)18/h2-7H,1H3,(H2,18,19). The minimum atomic E-state index is 0.372. The van der Waals surface area contributed by atoms with Crippen LogP contribution in [-0.4, -0.2) is 16.7 Å². The second kappa shape index (κ2) is 5.11. The molecule has 1 aromatic heterocycles. The van der Waals surface area contributed by atoms with Crippen LogP contribution >= 0.6 is 15.9 Å². The summed E-state index contributed by atoms with van der Waals surface area (Å²) in [5.41, 5.74) is 8.97. The number of rotatable bonds is 2.